The molecule has 2 heteroatoms. The summed E-state index contributed by atoms with van der Waals surface area (Å²) < 4.78 is 5.37. The molecule has 0 aromatic rings. The van der Waals surface area contributed by atoms with Gasteiger partial charge in [0.1, 0.15) is 13.1 Å². The molecule has 0 aromatic heterocycles. The zero-order valence-corrected chi connectivity index (χ0v) is 8.01. The summed E-state index contributed by atoms with van der Waals surface area (Å²) in [6, 6.07) is 0.962. The van der Waals surface area contributed by atoms with Crippen LogP contribution in [0.3, 0.4) is 0 Å². The Bertz CT molecular complexity index is 140. The molecule has 1 heterocycles. The molecule has 0 amide bonds. The highest BCUT2D eigenvalue weighted by Crippen LogP contribution is 2.22. The van der Waals surface area contributed by atoms with Gasteiger partial charge in [-0.15, -0.1) is 0 Å². The number of quaternary nitrogens is 1. The first kappa shape index (κ1) is 8.52. The normalized spacial score (nSPS) is 38.8. The van der Waals surface area contributed by atoms with E-state index in [2.05, 4.69) is 6.92 Å². The summed E-state index contributed by atoms with van der Waals surface area (Å²) in [5, 5.41) is 0. The Morgan fingerprint density at radius 1 is 1.17 bits per heavy atom. The molecular formula is C10H20NO+. The lowest BCUT2D eigenvalue weighted by Gasteiger charge is -2.29. The van der Waals surface area contributed by atoms with Crippen LogP contribution in [0.4, 0.5) is 0 Å². The zero-order chi connectivity index (χ0) is 8.39. The second kappa shape index (κ2) is 3.75. The van der Waals surface area contributed by atoms with E-state index < -0.39 is 0 Å². The summed E-state index contributed by atoms with van der Waals surface area (Å²) in [7, 11) is 0. The van der Waals surface area contributed by atoms with Crippen molar-refractivity contribution in [2.45, 2.75) is 32.2 Å². The van der Waals surface area contributed by atoms with Gasteiger partial charge in [-0.3, -0.25) is 0 Å². The first-order valence-electron chi connectivity index (χ1n) is 5.28. The van der Waals surface area contributed by atoms with Crippen LogP contribution in [-0.4, -0.2) is 32.3 Å². The van der Waals surface area contributed by atoms with Crippen molar-refractivity contribution < 1.29 is 9.64 Å². The van der Waals surface area contributed by atoms with Crippen LogP contribution in [0, 0.1) is 5.92 Å². The first-order chi connectivity index (χ1) is 5.86. The highest BCUT2D eigenvalue weighted by molar-refractivity contribution is 4.72. The molecule has 0 bridgehead atoms. The van der Waals surface area contributed by atoms with Crippen molar-refractivity contribution in [3.63, 3.8) is 0 Å². The third-order valence-electron chi connectivity index (χ3n) is 3.41. The van der Waals surface area contributed by atoms with Crippen LogP contribution >= 0.6 is 0 Å². The molecule has 0 aromatic carbocycles. The summed E-state index contributed by atoms with van der Waals surface area (Å²) >= 11 is 0. The van der Waals surface area contributed by atoms with Gasteiger partial charge in [0, 0.05) is 6.42 Å². The molecule has 1 N–H and O–H groups in total. The molecular weight excluding hydrogens is 150 g/mol. The molecule has 2 aliphatic rings. The number of ether oxygens (including phenoxy) is 1. The number of morpholine rings is 1. The Morgan fingerprint density at radius 3 is 2.50 bits per heavy atom. The Hall–Kier alpha value is -0.0800. The van der Waals surface area contributed by atoms with E-state index in [0.717, 1.165) is 25.2 Å². The lowest BCUT2D eigenvalue weighted by atomic mass is 10.1. The average molecular weight is 170 g/mol. The molecule has 0 unspecified atom stereocenters. The van der Waals surface area contributed by atoms with Gasteiger partial charge in [0.2, 0.25) is 0 Å². The van der Waals surface area contributed by atoms with Crippen LogP contribution in [0.1, 0.15) is 26.2 Å². The minimum absolute atomic E-state index is 0.962. The maximum atomic E-state index is 5.37. The summed E-state index contributed by atoms with van der Waals surface area (Å²) in [6.07, 6.45) is 4.36. The Balaban J connectivity index is 1.83. The van der Waals surface area contributed by atoms with Crippen molar-refractivity contribution in [3.8, 4) is 0 Å². The van der Waals surface area contributed by atoms with Crippen molar-refractivity contribution >= 4 is 0 Å². The fraction of sp³-hybridized carbons (Fsp3) is 1.00. The van der Waals surface area contributed by atoms with Gasteiger partial charge in [-0.05, 0) is 18.8 Å². The Kier molecular flexibility index (Phi) is 2.66. The summed E-state index contributed by atoms with van der Waals surface area (Å²) in [5.74, 6) is 0.977. The van der Waals surface area contributed by atoms with Gasteiger partial charge < -0.3 is 9.64 Å². The third kappa shape index (κ3) is 1.80. The fourth-order valence-corrected chi connectivity index (χ4v) is 2.62. The van der Waals surface area contributed by atoms with Crippen LogP contribution in [0.2, 0.25) is 0 Å². The minimum Gasteiger partial charge on any atom is -0.370 e. The molecule has 2 atom stereocenters. The van der Waals surface area contributed by atoms with Crippen molar-refractivity contribution in [2.24, 2.45) is 5.92 Å². The fourth-order valence-electron chi connectivity index (χ4n) is 2.62. The van der Waals surface area contributed by atoms with Gasteiger partial charge in [0.25, 0.3) is 0 Å². The van der Waals surface area contributed by atoms with Crippen LogP contribution in [0.25, 0.3) is 0 Å². The summed E-state index contributed by atoms with van der Waals surface area (Å²) in [6.45, 7) is 6.86. The maximum Gasteiger partial charge on any atom is 0.101 e. The van der Waals surface area contributed by atoms with Gasteiger partial charge in [0.05, 0.1) is 19.3 Å². The number of rotatable bonds is 1. The molecule has 0 spiro atoms. The molecule has 2 fully saturated rings. The van der Waals surface area contributed by atoms with E-state index in [-0.39, 0.29) is 0 Å². The maximum absolute atomic E-state index is 5.37. The first-order valence-corrected chi connectivity index (χ1v) is 5.28. The number of nitrogens with one attached hydrogen (secondary N) is 1. The van der Waals surface area contributed by atoms with Gasteiger partial charge in [-0.1, -0.05) is 6.92 Å². The topological polar surface area (TPSA) is 13.7 Å². The number of hydrogen-bond acceptors (Lipinski definition) is 1. The molecule has 0 radical (unpaired) electrons. The van der Waals surface area contributed by atoms with Crippen molar-refractivity contribution in [1.29, 1.82) is 0 Å². The van der Waals surface area contributed by atoms with E-state index in [1.165, 1.54) is 32.4 Å². The van der Waals surface area contributed by atoms with E-state index in [1.807, 2.05) is 4.90 Å². The predicted octanol–water partition coefficient (Wildman–Crippen LogP) is 0.0901. The molecule has 2 nitrogen and oxygen atoms in total. The minimum atomic E-state index is 0.962. The van der Waals surface area contributed by atoms with Crippen LogP contribution in [-0.2, 0) is 4.74 Å². The highest BCUT2D eigenvalue weighted by Gasteiger charge is 2.30. The van der Waals surface area contributed by atoms with Crippen LogP contribution in [0.5, 0.6) is 0 Å². The second-order valence-corrected chi connectivity index (χ2v) is 4.39. The van der Waals surface area contributed by atoms with Crippen molar-refractivity contribution in [3.05, 3.63) is 0 Å². The SMILES string of the molecule is C[C@@H]1CC[C@H]([NH+]2CCOCC2)C1. The van der Waals surface area contributed by atoms with Crippen molar-refractivity contribution in [1.82, 2.24) is 0 Å². The van der Waals surface area contributed by atoms with E-state index >= 15 is 0 Å². The van der Waals surface area contributed by atoms with E-state index in [1.54, 1.807) is 0 Å². The largest absolute Gasteiger partial charge is 0.370 e. The third-order valence-corrected chi connectivity index (χ3v) is 3.41. The van der Waals surface area contributed by atoms with Crippen molar-refractivity contribution in [2.75, 3.05) is 26.3 Å². The summed E-state index contributed by atoms with van der Waals surface area (Å²) in [4.78, 5) is 1.81. The van der Waals surface area contributed by atoms with Gasteiger partial charge >= 0.3 is 0 Å². The van der Waals surface area contributed by atoms with E-state index in [9.17, 15) is 0 Å². The smallest absolute Gasteiger partial charge is 0.101 e. The van der Waals surface area contributed by atoms with E-state index in [4.69, 9.17) is 4.74 Å². The van der Waals surface area contributed by atoms with E-state index in [0.29, 0.717) is 0 Å². The lowest BCUT2D eigenvalue weighted by molar-refractivity contribution is -0.932. The average Bonchev–Trinajstić information content (AvgIpc) is 2.54. The standard InChI is InChI=1S/C10H19NO/c1-9-2-3-10(8-9)11-4-6-12-7-5-11/h9-10H,2-8H2,1H3/p+1/t9-,10+/m1/s1. The lowest BCUT2D eigenvalue weighted by Crippen LogP contribution is -3.17. The van der Waals surface area contributed by atoms with Crippen LogP contribution < -0.4 is 4.90 Å². The highest BCUT2D eigenvalue weighted by atomic mass is 16.5. The monoisotopic (exact) mass is 170 g/mol. The Labute approximate surface area is 74.9 Å². The quantitative estimate of drug-likeness (QED) is 0.589. The predicted molar refractivity (Wildman–Crippen MR) is 48.3 cm³/mol. The van der Waals surface area contributed by atoms with Gasteiger partial charge in [-0.25, -0.2) is 0 Å². The molecule has 1 saturated carbocycles. The Morgan fingerprint density at radius 2 is 1.92 bits per heavy atom. The van der Waals surface area contributed by atoms with Crippen LogP contribution in [0.15, 0.2) is 0 Å². The molecule has 1 aliphatic carbocycles. The summed E-state index contributed by atoms with van der Waals surface area (Å²) in [5.41, 5.74) is 0. The number of hydrogen-bond donors (Lipinski definition) is 1. The molecule has 1 aliphatic heterocycles. The van der Waals surface area contributed by atoms with Gasteiger partial charge in [0.15, 0.2) is 0 Å². The molecule has 12 heavy (non-hydrogen) atoms. The van der Waals surface area contributed by atoms with Gasteiger partial charge in [-0.2, -0.15) is 0 Å². The molecule has 70 valence electrons. The molecule has 2 rings (SSSR count). The molecule has 1 saturated heterocycles. The zero-order valence-electron chi connectivity index (χ0n) is 8.01. The second-order valence-electron chi connectivity index (χ2n) is 4.39.